The molecule has 0 spiro atoms. The van der Waals surface area contributed by atoms with Gasteiger partial charge in [0.15, 0.2) is 0 Å². The van der Waals surface area contributed by atoms with Crippen LogP contribution in [-0.4, -0.2) is 44.5 Å². The van der Waals surface area contributed by atoms with Gasteiger partial charge in [-0.05, 0) is 56.9 Å². The second-order valence-corrected chi connectivity index (χ2v) is 7.18. The van der Waals surface area contributed by atoms with Gasteiger partial charge in [-0.3, -0.25) is 10.1 Å². The van der Waals surface area contributed by atoms with Crippen molar-refractivity contribution < 1.29 is 9.18 Å². The van der Waals surface area contributed by atoms with E-state index in [1.54, 1.807) is 29.2 Å². The zero-order chi connectivity index (χ0) is 18.7. The van der Waals surface area contributed by atoms with Crippen LogP contribution in [0.15, 0.2) is 42.5 Å². The molecule has 26 heavy (non-hydrogen) atoms. The van der Waals surface area contributed by atoms with E-state index in [9.17, 15) is 9.18 Å². The predicted octanol–water partition coefficient (Wildman–Crippen LogP) is 3.46. The maximum absolute atomic E-state index is 14.4. The fraction of sp³-hybridized carbons (Fsp3) is 0.350. The molecule has 4 nitrogen and oxygen atoms in total. The van der Waals surface area contributed by atoms with Crippen LogP contribution in [0.5, 0.6) is 0 Å². The minimum atomic E-state index is -0.423. The zero-order valence-electron chi connectivity index (χ0n) is 15.0. The summed E-state index contributed by atoms with van der Waals surface area (Å²) < 4.78 is 14.4. The van der Waals surface area contributed by atoms with E-state index in [0.29, 0.717) is 17.1 Å². The predicted molar refractivity (Wildman–Crippen MR) is 103 cm³/mol. The van der Waals surface area contributed by atoms with Crippen molar-refractivity contribution in [3.8, 4) is 0 Å². The third-order valence-corrected chi connectivity index (χ3v) is 4.79. The summed E-state index contributed by atoms with van der Waals surface area (Å²) in [6, 6.07) is 11.7. The molecule has 0 radical (unpaired) electrons. The Labute approximate surface area is 158 Å². The van der Waals surface area contributed by atoms with Gasteiger partial charge in [-0.15, -0.1) is 0 Å². The maximum atomic E-state index is 14.4. The number of hydrogen-bond acceptors (Lipinski definition) is 3. The standard InChI is InChI=1S/C20H23ClFN3O/c1-24(2)10-5-11-25-18-9-8-14(21)12-16(18)20(23-13-19(25)26)15-6-3-4-7-17(15)22/h3-4,6-9,12,20,23H,5,10-11,13H2,1-2H3. The van der Waals surface area contributed by atoms with Crippen LogP contribution in [-0.2, 0) is 4.79 Å². The Morgan fingerprint density at radius 2 is 2.00 bits per heavy atom. The molecule has 0 saturated carbocycles. The smallest absolute Gasteiger partial charge is 0.240 e. The number of nitrogens with one attached hydrogen (secondary N) is 1. The van der Waals surface area contributed by atoms with Crippen LogP contribution >= 0.6 is 11.6 Å². The Hall–Kier alpha value is -1.95. The summed E-state index contributed by atoms with van der Waals surface area (Å²) in [5.74, 6) is -0.324. The van der Waals surface area contributed by atoms with Crippen molar-refractivity contribution in [2.75, 3.05) is 38.6 Å². The lowest BCUT2D eigenvalue weighted by atomic mass is 9.96. The molecule has 138 valence electrons. The Morgan fingerprint density at radius 3 is 2.73 bits per heavy atom. The van der Waals surface area contributed by atoms with E-state index in [1.165, 1.54) is 6.07 Å². The van der Waals surface area contributed by atoms with Crippen LogP contribution in [0.2, 0.25) is 5.02 Å². The lowest BCUT2D eigenvalue weighted by Crippen LogP contribution is -2.37. The highest BCUT2D eigenvalue weighted by Crippen LogP contribution is 2.36. The second kappa shape index (κ2) is 8.16. The number of carbonyl (C=O) groups is 1. The molecule has 6 heteroatoms. The number of anilines is 1. The first-order valence-electron chi connectivity index (χ1n) is 8.69. The molecule has 1 atom stereocenters. The Bertz CT molecular complexity index is 796. The molecule has 0 bridgehead atoms. The summed E-state index contributed by atoms with van der Waals surface area (Å²) in [6.45, 7) is 1.64. The molecule has 0 aromatic heterocycles. The molecule has 1 aliphatic heterocycles. The monoisotopic (exact) mass is 375 g/mol. The van der Waals surface area contributed by atoms with Crippen molar-refractivity contribution in [1.29, 1.82) is 0 Å². The number of carbonyl (C=O) groups excluding carboxylic acids is 1. The van der Waals surface area contributed by atoms with Crippen LogP contribution in [0.25, 0.3) is 0 Å². The van der Waals surface area contributed by atoms with Crippen molar-refractivity contribution in [3.05, 3.63) is 64.4 Å². The highest BCUT2D eigenvalue weighted by molar-refractivity contribution is 6.30. The maximum Gasteiger partial charge on any atom is 0.240 e. The van der Waals surface area contributed by atoms with Gasteiger partial charge in [-0.25, -0.2) is 4.39 Å². The molecule has 0 saturated heterocycles. The largest absolute Gasteiger partial charge is 0.311 e. The van der Waals surface area contributed by atoms with Gasteiger partial charge in [0, 0.05) is 22.8 Å². The number of amides is 1. The minimum Gasteiger partial charge on any atom is -0.311 e. The SMILES string of the molecule is CN(C)CCCN1C(=O)CNC(c2ccccc2F)c2cc(Cl)ccc21. The quantitative estimate of drug-likeness (QED) is 0.869. The molecule has 1 N–H and O–H groups in total. The molecule has 2 aromatic rings. The van der Waals surface area contributed by atoms with E-state index < -0.39 is 6.04 Å². The van der Waals surface area contributed by atoms with Crippen molar-refractivity contribution in [3.63, 3.8) is 0 Å². The van der Waals surface area contributed by atoms with Crippen molar-refractivity contribution in [2.45, 2.75) is 12.5 Å². The first kappa shape index (κ1) is 18.8. The van der Waals surface area contributed by atoms with Gasteiger partial charge in [0.25, 0.3) is 0 Å². The van der Waals surface area contributed by atoms with Gasteiger partial charge in [0.2, 0.25) is 5.91 Å². The summed E-state index contributed by atoms with van der Waals surface area (Å²) in [6.07, 6.45) is 0.852. The Morgan fingerprint density at radius 1 is 1.23 bits per heavy atom. The van der Waals surface area contributed by atoms with E-state index in [1.807, 2.05) is 26.2 Å². The van der Waals surface area contributed by atoms with Gasteiger partial charge >= 0.3 is 0 Å². The van der Waals surface area contributed by atoms with Crippen LogP contribution in [0.3, 0.4) is 0 Å². The average molecular weight is 376 g/mol. The highest BCUT2D eigenvalue weighted by atomic mass is 35.5. The van der Waals surface area contributed by atoms with Crippen molar-refractivity contribution >= 4 is 23.2 Å². The Balaban J connectivity index is 2.01. The van der Waals surface area contributed by atoms with Crippen LogP contribution in [0.4, 0.5) is 10.1 Å². The van der Waals surface area contributed by atoms with E-state index in [-0.39, 0.29) is 18.3 Å². The molecular formula is C20H23ClFN3O. The summed E-state index contributed by atoms with van der Waals surface area (Å²) in [7, 11) is 4.02. The molecule has 0 aliphatic carbocycles. The normalized spacial score (nSPS) is 17.3. The summed E-state index contributed by atoms with van der Waals surface area (Å²) >= 11 is 6.22. The number of hydrogen-bond donors (Lipinski definition) is 1. The molecular weight excluding hydrogens is 353 g/mol. The molecule has 3 rings (SSSR count). The second-order valence-electron chi connectivity index (χ2n) is 6.74. The topological polar surface area (TPSA) is 35.6 Å². The van der Waals surface area contributed by atoms with Crippen molar-refractivity contribution in [1.82, 2.24) is 10.2 Å². The number of benzene rings is 2. The number of rotatable bonds is 5. The fourth-order valence-corrected chi connectivity index (χ4v) is 3.49. The number of fused-ring (bicyclic) bond motifs is 1. The number of halogens is 2. The average Bonchev–Trinajstić information content (AvgIpc) is 2.72. The van der Waals surface area contributed by atoms with Crippen LogP contribution in [0, 0.1) is 5.82 Å². The Kier molecular flexibility index (Phi) is 5.91. The minimum absolute atomic E-state index is 0.0221. The third-order valence-electron chi connectivity index (χ3n) is 4.55. The lowest BCUT2D eigenvalue weighted by Gasteiger charge is -2.25. The van der Waals surface area contributed by atoms with E-state index in [2.05, 4.69) is 10.2 Å². The summed E-state index contributed by atoms with van der Waals surface area (Å²) in [5, 5.41) is 3.77. The molecule has 1 heterocycles. The van der Waals surface area contributed by atoms with E-state index in [0.717, 1.165) is 24.2 Å². The molecule has 1 amide bonds. The number of nitrogens with zero attached hydrogens (tertiary/aromatic N) is 2. The van der Waals surface area contributed by atoms with E-state index in [4.69, 9.17) is 11.6 Å². The summed E-state index contributed by atoms with van der Waals surface area (Å²) in [5.41, 5.74) is 2.12. The van der Waals surface area contributed by atoms with Gasteiger partial charge in [-0.2, -0.15) is 0 Å². The molecule has 0 fully saturated rings. The highest BCUT2D eigenvalue weighted by Gasteiger charge is 2.29. The first-order valence-corrected chi connectivity index (χ1v) is 9.07. The third kappa shape index (κ3) is 4.06. The van der Waals surface area contributed by atoms with Gasteiger partial charge in [0.1, 0.15) is 5.82 Å². The van der Waals surface area contributed by atoms with Crippen LogP contribution in [0.1, 0.15) is 23.6 Å². The molecule has 1 unspecified atom stereocenters. The first-order chi connectivity index (χ1) is 12.5. The fourth-order valence-electron chi connectivity index (χ4n) is 3.31. The van der Waals surface area contributed by atoms with Gasteiger partial charge in [0.05, 0.1) is 12.6 Å². The van der Waals surface area contributed by atoms with Crippen molar-refractivity contribution in [2.24, 2.45) is 0 Å². The lowest BCUT2D eigenvalue weighted by molar-refractivity contribution is -0.117. The van der Waals surface area contributed by atoms with Crippen LogP contribution < -0.4 is 10.2 Å². The molecule has 1 aliphatic rings. The summed E-state index contributed by atoms with van der Waals surface area (Å²) in [4.78, 5) is 16.6. The van der Waals surface area contributed by atoms with E-state index >= 15 is 0 Å². The molecule has 2 aromatic carbocycles. The van der Waals surface area contributed by atoms with Gasteiger partial charge in [-0.1, -0.05) is 29.8 Å². The zero-order valence-corrected chi connectivity index (χ0v) is 15.8. The van der Waals surface area contributed by atoms with Gasteiger partial charge < -0.3 is 9.80 Å².